The highest BCUT2D eigenvalue weighted by atomic mass is 79.9. The highest BCUT2D eigenvalue weighted by Gasteiger charge is 2.41. The van der Waals surface area contributed by atoms with Gasteiger partial charge in [-0.25, -0.2) is 0 Å². The van der Waals surface area contributed by atoms with Crippen LogP contribution in [0.3, 0.4) is 0 Å². The van der Waals surface area contributed by atoms with Gasteiger partial charge >= 0.3 is 0 Å². The number of nitrogens with zero attached hydrogens (tertiary/aromatic N) is 2. The summed E-state index contributed by atoms with van der Waals surface area (Å²) in [4.78, 5) is 12.3. The van der Waals surface area contributed by atoms with Crippen LogP contribution in [0.15, 0.2) is 24.3 Å². The third-order valence-corrected chi connectivity index (χ3v) is 5.03. The lowest BCUT2D eigenvalue weighted by Gasteiger charge is -2.11. The van der Waals surface area contributed by atoms with Crippen LogP contribution in [0.5, 0.6) is 0 Å². The minimum absolute atomic E-state index is 0.0796. The number of rotatable bonds is 4. The highest BCUT2D eigenvalue weighted by Crippen LogP contribution is 2.46. The van der Waals surface area contributed by atoms with Crippen molar-refractivity contribution in [2.45, 2.75) is 12.8 Å². The molecule has 1 aromatic heterocycles. The normalized spacial score (nSPS) is 16.5. The van der Waals surface area contributed by atoms with Gasteiger partial charge in [-0.1, -0.05) is 34.1 Å². The van der Waals surface area contributed by atoms with Crippen LogP contribution in [0, 0.1) is 5.41 Å². The fourth-order valence-corrected chi connectivity index (χ4v) is 3.03. The van der Waals surface area contributed by atoms with Gasteiger partial charge in [0.05, 0.1) is 5.52 Å². The third-order valence-electron chi connectivity index (χ3n) is 3.84. The second-order valence-corrected chi connectivity index (χ2v) is 5.87. The van der Waals surface area contributed by atoms with Crippen LogP contribution in [-0.4, -0.2) is 27.6 Å². The number of nitrogens with one attached hydrogen (secondary N) is 1. The van der Waals surface area contributed by atoms with E-state index < -0.39 is 0 Å². The first-order valence-electron chi connectivity index (χ1n) is 6.41. The molecular weight excluding hydrogens is 306 g/mol. The molecule has 1 saturated carbocycles. The predicted molar refractivity (Wildman–Crippen MR) is 78.5 cm³/mol. The largest absolute Gasteiger partial charge is 0.350 e. The Morgan fingerprint density at radius 1 is 1.47 bits per heavy atom. The van der Waals surface area contributed by atoms with E-state index in [0.29, 0.717) is 5.69 Å². The van der Waals surface area contributed by atoms with Crippen LogP contribution in [0.1, 0.15) is 23.3 Å². The van der Waals surface area contributed by atoms with E-state index in [4.69, 9.17) is 0 Å². The molecule has 0 unspecified atom stereocenters. The van der Waals surface area contributed by atoms with Crippen LogP contribution >= 0.6 is 15.9 Å². The summed E-state index contributed by atoms with van der Waals surface area (Å²) in [6.45, 7) is 0.724. The Hall–Kier alpha value is -1.36. The molecule has 4 nitrogen and oxygen atoms in total. The zero-order valence-electron chi connectivity index (χ0n) is 10.8. The minimum atomic E-state index is -0.0796. The lowest BCUT2D eigenvalue weighted by molar-refractivity contribution is 0.0942. The van der Waals surface area contributed by atoms with E-state index in [1.54, 1.807) is 4.68 Å². The molecular formula is C14H16BrN3O. The van der Waals surface area contributed by atoms with Gasteiger partial charge in [0.1, 0.15) is 0 Å². The number of carbonyl (C=O) groups is 1. The van der Waals surface area contributed by atoms with Gasteiger partial charge in [0.15, 0.2) is 5.69 Å². The van der Waals surface area contributed by atoms with E-state index >= 15 is 0 Å². The Morgan fingerprint density at radius 2 is 2.21 bits per heavy atom. The molecule has 0 bridgehead atoms. The van der Waals surface area contributed by atoms with Crippen LogP contribution in [0.2, 0.25) is 0 Å². The van der Waals surface area contributed by atoms with E-state index in [9.17, 15) is 4.79 Å². The maximum atomic E-state index is 12.3. The number of halogens is 1. The molecule has 0 saturated heterocycles. The molecule has 1 aliphatic carbocycles. The minimum Gasteiger partial charge on any atom is -0.350 e. The topological polar surface area (TPSA) is 46.9 Å². The van der Waals surface area contributed by atoms with Crippen molar-refractivity contribution in [1.82, 2.24) is 15.1 Å². The second-order valence-electron chi connectivity index (χ2n) is 5.31. The van der Waals surface area contributed by atoms with Crippen molar-refractivity contribution >= 4 is 32.7 Å². The third kappa shape index (κ3) is 2.27. The smallest absolute Gasteiger partial charge is 0.272 e. The summed E-state index contributed by atoms with van der Waals surface area (Å²) in [5.74, 6) is -0.0796. The number of hydrogen-bond donors (Lipinski definition) is 1. The Bertz CT molecular complexity index is 631. The molecule has 100 valence electrons. The van der Waals surface area contributed by atoms with Crippen LogP contribution in [-0.2, 0) is 7.05 Å². The van der Waals surface area contributed by atoms with Gasteiger partial charge in [0, 0.05) is 24.3 Å². The standard InChI is InChI=1S/C14H16BrN3O/c1-18-11-5-3-2-4-10(11)12(17-18)13(19)16-9-14(8-15)6-7-14/h2-5H,6-9H2,1H3,(H,16,19). The average Bonchev–Trinajstić information content (AvgIpc) is 3.15. The first-order chi connectivity index (χ1) is 9.15. The lowest BCUT2D eigenvalue weighted by Crippen LogP contribution is -2.31. The zero-order valence-corrected chi connectivity index (χ0v) is 12.4. The van der Waals surface area contributed by atoms with Crippen LogP contribution < -0.4 is 5.32 Å². The Morgan fingerprint density at radius 3 is 2.89 bits per heavy atom. The molecule has 0 spiro atoms. The van der Waals surface area contributed by atoms with Crippen molar-refractivity contribution < 1.29 is 4.79 Å². The first kappa shape index (κ1) is 12.7. The summed E-state index contributed by atoms with van der Waals surface area (Å²) < 4.78 is 1.75. The van der Waals surface area contributed by atoms with Crippen LogP contribution in [0.25, 0.3) is 10.9 Å². The van der Waals surface area contributed by atoms with Crippen molar-refractivity contribution in [2.75, 3.05) is 11.9 Å². The molecule has 3 rings (SSSR count). The Kier molecular flexibility index (Phi) is 3.09. The van der Waals surface area contributed by atoms with E-state index in [0.717, 1.165) is 22.8 Å². The van der Waals surface area contributed by atoms with Gasteiger partial charge in [0.25, 0.3) is 5.91 Å². The molecule has 19 heavy (non-hydrogen) atoms. The lowest BCUT2D eigenvalue weighted by atomic mass is 10.1. The number of para-hydroxylation sites is 1. The number of fused-ring (bicyclic) bond motifs is 1. The fraction of sp³-hybridized carbons (Fsp3) is 0.429. The summed E-state index contributed by atoms with van der Waals surface area (Å²) in [7, 11) is 1.86. The molecule has 1 aromatic carbocycles. The van der Waals surface area contributed by atoms with Gasteiger partial charge in [-0.15, -0.1) is 0 Å². The van der Waals surface area contributed by atoms with Crippen molar-refractivity contribution in [3.63, 3.8) is 0 Å². The van der Waals surface area contributed by atoms with Gasteiger partial charge in [-0.3, -0.25) is 9.48 Å². The fourth-order valence-electron chi connectivity index (χ4n) is 2.27. The van der Waals surface area contributed by atoms with E-state index in [2.05, 4.69) is 26.3 Å². The number of carbonyl (C=O) groups excluding carboxylic acids is 1. The molecule has 1 amide bonds. The molecule has 5 heteroatoms. The molecule has 0 radical (unpaired) electrons. The predicted octanol–water partition coefficient (Wildman–Crippen LogP) is 2.48. The van der Waals surface area contributed by atoms with E-state index in [-0.39, 0.29) is 11.3 Å². The molecule has 0 aliphatic heterocycles. The number of aromatic nitrogens is 2. The average molecular weight is 322 g/mol. The Labute approximate surface area is 120 Å². The first-order valence-corrected chi connectivity index (χ1v) is 7.53. The molecule has 1 fully saturated rings. The summed E-state index contributed by atoms with van der Waals surface area (Å²) in [5, 5.41) is 9.20. The van der Waals surface area contributed by atoms with E-state index in [1.165, 1.54) is 12.8 Å². The molecule has 1 heterocycles. The maximum Gasteiger partial charge on any atom is 0.272 e. The number of amides is 1. The Balaban J connectivity index is 1.82. The van der Waals surface area contributed by atoms with Crippen LogP contribution in [0.4, 0.5) is 0 Å². The van der Waals surface area contributed by atoms with Gasteiger partial charge in [-0.2, -0.15) is 5.10 Å². The van der Waals surface area contributed by atoms with Gasteiger partial charge < -0.3 is 5.32 Å². The monoisotopic (exact) mass is 321 g/mol. The van der Waals surface area contributed by atoms with Crippen molar-refractivity contribution in [3.8, 4) is 0 Å². The highest BCUT2D eigenvalue weighted by molar-refractivity contribution is 9.09. The summed E-state index contributed by atoms with van der Waals surface area (Å²) in [5.41, 5.74) is 1.78. The van der Waals surface area contributed by atoms with Crippen molar-refractivity contribution in [3.05, 3.63) is 30.0 Å². The SMILES string of the molecule is Cn1nc(C(=O)NCC2(CBr)CC2)c2ccccc21. The summed E-state index contributed by atoms with van der Waals surface area (Å²) in [6.07, 6.45) is 2.36. The van der Waals surface area contributed by atoms with Crippen molar-refractivity contribution in [1.29, 1.82) is 0 Å². The number of aryl methyl sites for hydroxylation is 1. The molecule has 1 aliphatic rings. The molecule has 0 atom stereocenters. The van der Waals surface area contributed by atoms with Gasteiger partial charge in [0.2, 0.25) is 0 Å². The summed E-state index contributed by atoms with van der Waals surface area (Å²) >= 11 is 3.51. The molecule has 1 N–H and O–H groups in total. The second kappa shape index (κ2) is 4.63. The number of hydrogen-bond acceptors (Lipinski definition) is 2. The molecule has 2 aromatic rings. The number of alkyl halides is 1. The summed E-state index contributed by atoms with van der Waals surface area (Å²) in [6, 6.07) is 7.80. The quantitative estimate of drug-likeness (QED) is 0.879. The number of benzene rings is 1. The zero-order chi connectivity index (χ0) is 13.5. The van der Waals surface area contributed by atoms with Gasteiger partial charge in [-0.05, 0) is 24.3 Å². The van der Waals surface area contributed by atoms with Crippen molar-refractivity contribution in [2.24, 2.45) is 12.5 Å². The maximum absolute atomic E-state index is 12.3. The van der Waals surface area contributed by atoms with E-state index in [1.807, 2.05) is 31.3 Å².